The fourth-order valence-corrected chi connectivity index (χ4v) is 1.91. The van der Waals surface area contributed by atoms with Crippen molar-refractivity contribution in [2.24, 2.45) is 12.8 Å². The van der Waals surface area contributed by atoms with Crippen molar-refractivity contribution in [2.45, 2.75) is 0 Å². The molecule has 0 bridgehead atoms. The van der Waals surface area contributed by atoms with Gasteiger partial charge in [-0.05, 0) is 24.3 Å². The summed E-state index contributed by atoms with van der Waals surface area (Å²) in [5, 5.41) is 7.19. The van der Waals surface area contributed by atoms with Crippen molar-refractivity contribution in [3.05, 3.63) is 46.7 Å². The molecule has 3 N–H and O–H groups in total. The molecule has 0 atom stereocenters. The minimum atomic E-state index is -0.347. The maximum Gasteiger partial charge on any atom is 0.276 e. The van der Waals surface area contributed by atoms with Crippen LogP contribution in [0.25, 0.3) is 0 Å². The van der Waals surface area contributed by atoms with Crippen LogP contribution in [-0.2, 0) is 7.05 Å². The molecule has 0 saturated heterocycles. The van der Waals surface area contributed by atoms with Crippen molar-refractivity contribution in [1.82, 2.24) is 9.78 Å². The van der Waals surface area contributed by atoms with Crippen molar-refractivity contribution >= 4 is 40.4 Å². The molecule has 2 rings (SSSR count). The van der Waals surface area contributed by atoms with E-state index in [1.165, 1.54) is 0 Å². The highest BCUT2D eigenvalue weighted by Crippen LogP contribution is 2.21. The molecule has 0 radical (unpaired) electrons. The van der Waals surface area contributed by atoms with Crippen LogP contribution in [0.3, 0.4) is 0 Å². The molecule has 1 aromatic carbocycles. The highest BCUT2D eigenvalue weighted by Gasteiger charge is 2.13. The Balaban J connectivity index is 2.30. The second-order valence-corrected chi connectivity index (χ2v) is 4.76. The molecule has 1 heterocycles. The van der Waals surface area contributed by atoms with Crippen LogP contribution in [0.15, 0.2) is 30.5 Å². The van der Waals surface area contributed by atoms with E-state index in [9.17, 15) is 4.79 Å². The van der Waals surface area contributed by atoms with Gasteiger partial charge in [0.15, 0.2) is 5.69 Å². The molecular formula is C12H11ClN4OS. The molecule has 1 aromatic heterocycles. The summed E-state index contributed by atoms with van der Waals surface area (Å²) in [6, 6.07) is 6.53. The fraction of sp³-hybridized carbons (Fsp3) is 0.0833. The van der Waals surface area contributed by atoms with E-state index in [0.29, 0.717) is 22.0 Å². The standard InChI is InChI=1S/C12H11ClN4OS/c1-17-5-4-9(16-17)12(18)15-10-6-7(13)2-3-8(10)11(14)19/h2-6H,1H3,(H2,14,19)(H,15,18). The SMILES string of the molecule is Cn1ccc(C(=O)Nc2cc(Cl)ccc2C(N)=S)n1. The van der Waals surface area contributed by atoms with Crippen molar-refractivity contribution in [3.8, 4) is 0 Å². The Kier molecular flexibility index (Phi) is 3.82. The summed E-state index contributed by atoms with van der Waals surface area (Å²) < 4.78 is 1.54. The lowest BCUT2D eigenvalue weighted by molar-refractivity contribution is 0.102. The largest absolute Gasteiger partial charge is 0.389 e. The average molecular weight is 295 g/mol. The summed E-state index contributed by atoms with van der Waals surface area (Å²) in [5.74, 6) is -0.347. The number of hydrogen-bond donors (Lipinski definition) is 2. The van der Waals surface area contributed by atoms with Gasteiger partial charge >= 0.3 is 0 Å². The predicted octanol–water partition coefficient (Wildman–Crippen LogP) is 1.96. The van der Waals surface area contributed by atoms with Crippen LogP contribution in [-0.4, -0.2) is 20.7 Å². The van der Waals surface area contributed by atoms with E-state index in [2.05, 4.69) is 10.4 Å². The van der Waals surface area contributed by atoms with Crippen LogP contribution >= 0.6 is 23.8 Å². The number of nitrogens with two attached hydrogens (primary N) is 1. The number of amides is 1. The normalized spacial score (nSPS) is 10.2. The Morgan fingerprint density at radius 2 is 2.21 bits per heavy atom. The highest BCUT2D eigenvalue weighted by molar-refractivity contribution is 7.80. The first-order chi connectivity index (χ1) is 8.97. The second kappa shape index (κ2) is 5.38. The van der Waals surface area contributed by atoms with Gasteiger partial charge in [0, 0.05) is 23.8 Å². The lowest BCUT2D eigenvalue weighted by atomic mass is 10.1. The average Bonchev–Trinajstić information content (AvgIpc) is 2.75. The summed E-state index contributed by atoms with van der Waals surface area (Å²) in [4.78, 5) is 12.2. The van der Waals surface area contributed by atoms with Crippen LogP contribution in [0.4, 0.5) is 5.69 Å². The number of nitrogens with zero attached hydrogens (tertiary/aromatic N) is 2. The maximum absolute atomic E-state index is 12.0. The Labute approximate surface area is 120 Å². The van der Waals surface area contributed by atoms with Gasteiger partial charge in [-0.25, -0.2) is 0 Å². The Bertz CT molecular complexity index is 653. The quantitative estimate of drug-likeness (QED) is 0.849. The van der Waals surface area contributed by atoms with Crippen molar-refractivity contribution in [1.29, 1.82) is 0 Å². The Morgan fingerprint density at radius 3 is 2.79 bits per heavy atom. The lowest BCUT2D eigenvalue weighted by Crippen LogP contribution is -2.18. The smallest absolute Gasteiger partial charge is 0.276 e. The molecule has 0 unspecified atom stereocenters. The number of carbonyl (C=O) groups excluding carboxylic acids is 1. The summed E-state index contributed by atoms with van der Waals surface area (Å²) in [5.41, 5.74) is 6.93. The number of aromatic nitrogens is 2. The maximum atomic E-state index is 12.0. The summed E-state index contributed by atoms with van der Waals surface area (Å²) in [6.45, 7) is 0. The van der Waals surface area contributed by atoms with Crippen molar-refractivity contribution in [2.75, 3.05) is 5.32 Å². The molecule has 2 aromatic rings. The number of hydrogen-bond acceptors (Lipinski definition) is 3. The van der Waals surface area contributed by atoms with E-state index in [-0.39, 0.29) is 10.9 Å². The molecule has 98 valence electrons. The zero-order valence-electron chi connectivity index (χ0n) is 10.1. The minimum absolute atomic E-state index is 0.188. The van der Waals surface area contributed by atoms with Gasteiger partial charge in [-0.15, -0.1) is 0 Å². The third-order valence-corrected chi connectivity index (χ3v) is 2.90. The molecule has 19 heavy (non-hydrogen) atoms. The third kappa shape index (κ3) is 3.10. The first-order valence-corrected chi connectivity index (χ1v) is 6.16. The van der Waals surface area contributed by atoms with E-state index in [4.69, 9.17) is 29.6 Å². The van der Waals surface area contributed by atoms with E-state index in [1.54, 1.807) is 42.2 Å². The number of benzene rings is 1. The first kappa shape index (κ1) is 13.5. The number of rotatable bonds is 3. The molecule has 7 heteroatoms. The first-order valence-electron chi connectivity index (χ1n) is 5.37. The Morgan fingerprint density at radius 1 is 1.47 bits per heavy atom. The van der Waals surface area contributed by atoms with Crippen molar-refractivity contribution in [3.63, 3.8) is 0 Å². The Hall–Kier alpha value is -1.92. The number of aryl methyl sites for hydroxylation is 1. The van der Waals surface area contributed by atoms with Gasteiger partial charge in [-0.2, -0.15) is 5.10 Å². The van der Waals surface area contributed by atoms with Crippen LogP contribution < -0.4 is 11.1 Å². The number of carbonyl (C=O) groups is 1. The molecule has 0 aliphatic carbocycles. The third-order valence-electron chi connectivity index (χ3n) is 2.44. The summed E-state index contributed by atoms with van der Waals surface area (Å²) >= 11 is 10.8. The lowest BCUT2D eigenvalue weighted by Gasteiger charge is -2.09. The number of thiocarbonyl (C=S) groups is 1. The highest BCUT2D eigenvalue weighted by atomic mass is 35.5. The van der Waals surface area contributed by atoms with Gasteiger partial charge < -0.3 is 11.1 Å². The zero-order valence-corrected chi connectivity index (χ0v) is 11.6. The number of anilines is 1. The molecular weight excluding hydrogens is 284 g/mol. The van der Waals surface area contributed by atoms with Gasteiger partial charge in [0.1, 0.15) is 4.99 Å². The van der Waals surface area contributed by atoms with E-state index < -0.39 is 0 Å². The predicted molar refractivity (Wildman–Crippen MR) is 78.5 cm³/mol. The van der Waals surface area contributed by atoms with Gasteiger partial charge in [-0.3, -0.25) is 9.48 Å². The molecule has 0 aliphatic heterocycles. The minimum Gasteiger partial charge on any atom is -0.389 e. The monoisotopic (exact) mass is 294 g/mol. The van der Waals surface area contributed by atoms with E-state index >= 15 is 0 Å². The van der Waals surface area contributed by atoms with Crippen molar-refractivity contribution < 1.29 is 4.79 Å². The van der Waals surface area contributed by atoms with Gasteiger partial charge in [-0.1, -0.05) is 23.8 Å². The molecule has 5 nitrogen and oxygen atoms in total. The van der Waals surface area contributed by atoms with Crippen LogP contribution in [0, 0.1) is 0 Å². The van der Waals surface area contributed by atoms with Crippen LogP contribution in [0.2, 0.25) is 5.02 Å². The van der Waals surface area contributed by atoms with Crippen LogP contribution in [0.5, 0.6) is 0 Å². The molecule has 0 fully saturated rings. The summed E-state index contributed by atoms with van der Waals surface area (Å²) in [7, 11) is 1.73. The molecule has 0 saturated carbocycles. The molecule has 1 amide bonds. The molecule has 0 spiro atoms. The zero-order chi connectivity index (χ0) is 14.0. The topological polar surface area (TPSA) is 72.9 Å². The number of halogens is 1. The van der Waals surface area contributed by atoms with E-state index in [1.807, 2.05) is 0 Å². The van der Waals surface area contributed by atoms with E-state index in [0.717, 1.165) is 0 Å². The molecule has 0 aliphatic rings. The fourth-order valence-electron chi connectivity index (χ4n) is 1.56. The van der Waals surface area contributed by atoms with Gasteiger partial charge in [0.05, 0.1) is 5.69 Å². The summed E-state index contributed by atoms with van der Waals surface area (Å²) in [6.07, 6.45) is 1.68. The second-order valence-electron chi connectivity index (χ2n) is 3.88. The van der Waals surface area contributed by atoms with Gasteiger partial charge in [0.2, 0.25) is 0 Å². The van der Waals surface area contributed by atoms with Crippen LogP contribution in [0.1, 0.15) is 16.1 Å². The number of nitrogens with one attached hydrogen (secondary N) is 1. The van der Waals surface area contributed by atoms with Gasteiger partial charge in [0.25, 0.3) is 5.91 Å².